The van der Waals surface area contributed by atoms with Crippen molar-refractivity contribution in [1.82, 2.24) is 0 Å². The maximum absolute atomic E-state index is 13.3. The zero-order valence-corrected chi connectivity index (χ0v) is 18.7. The van der Waals surface area contributed by atoms with Gasteiger partial charge in [-0.05, 0) is 29.8 Å². The van der Waals surface area contributed by atoms with Crippen molar-refractivity contribution in [2.24, 2.45) is 0 Å². The molecule has 33 heavy (non-hydrogen) atoms. The lowest BCUT2D eigenvalue weighted by Crippen LogP contribution is -2.12. The lowest BCUT2D eigenvalue weighted by atomic mass is 10.0. The lowest BCUT2D eigenvalue weighted by Gasteiger charge is -2.12. The molecule has 7 nitrogen and oxygen atoms in total. The van der Waals surface area contributed by atoms with Gasteiger partial charge in [0.15, 0.2) is 11.5 Å². The maximum Gasteiger partial charge on any atom is 0.292 e. The second-order valence-electron chi connectivity index (χ2n) is 7.20. The Hall–Kier alpha value is -3.97. The Bertz CT molecular complexity index is 1250. The first kappa shape index (κ1) is 22.2. The van der Waals surface area contributed by atoms with Crippen LogP contribution in [-0.4, -0.2) is 40.5 Å². The van der Waals surface area contributed by atoms with E-state index in [1.54, 1.807) is 45.6 Å². The van der Waals surface area contributed by atoms with Crippen LogP contribution < -0.4 is 19.5 Å². The molecular weight excluding hydrogens is 422 g/mol. The van der Waals surface area contributed by atoms with E-state index in [2.05, 4.69) is 5.32 Å². The Labute approximate surface area is 191 Å². The monoisotopic (exact) mass is 447 g/mol. The SMILES string of the molecule is COCCOc1cc(NC(=O)c2oc3cc(OC)ccc3c2-c2ccccc2)ccc1OC. The Morgan fingerprint density at radius 3 is 2.42 bits per heavy atom. The molecule has 0 saturated carbocycles. The van der Waals surface area contributed by atoms with Gasteiger partial charge in [-0.3, -0.25) is 4.79 Å². The number of hydrogen-bond acceptors (Lipinski definition) is 6. The minimum Gasteiger partial charge on any atom is -0.497 e. The van der Waals surface area contributed by atoms with Crippen molar-refractivity contribution in [2.45, 2.75) is 0 Å². The number of ether oxygens (including phenoxy) is 4. The van der Waals surface area contributed by atoms with Crippen LogP contribution in [0.25, 0.3) is 22.1 Å². The van der Waals surface area contributed by atoms with E-state index in [0.29, 0.717) is 41.7 Å². The van der Waals surface area contributed by atoms with Gasteiger partial charge < -0.3 is 28.7 Å². The highest BCUT2D eigenvalue weighted by atomic mass is 16.5. The Balaban J connectivity index is 1.70. The molecule has 0 aliphatic heterocycles. The van der Waals surface area contributed by atoms with Crippen LogP contribution in [0, 0.1) is 0 Å². The van der Waals surface area contributed by atoms with Crippen LogP contribution in [0.2, 0.25) is 0 Å². The number of benzene rings is 3. The fourth-order valence-electron chi connectivity index (χ4n) is 3.55. The number of anilines is 1. The molecule has 170 valence electrons. The quantitative estimate of drug-likeness (QED) is 0.346. The highest BCUT2D eigenvalue weighted by Crippen LogP contribution is 2.37. The number of fused-ring (bicyclic) bond motifs is 1. The van der Waals surface area contributed by atoms with E-state index in [9.17, 15) is 4.79 Å². The summed E-state index contributed by atoms with van der Waals surface area (Å²) >= 11 is 0. The third kappa shape index (κ3) is 4.78. The van der Waals surface area contributed by atoms with Crippen LogP contribution in [0.1, 0.15) is 10.6 Å². The van der Waals surface area contributed by atoms with Gasteiger partial charge in [0.25, 0.3) is 5.91 Å². The number of carbonyl (C=O) groups is 1. The Kier molecular flexibility index (Phi) is 6.80. The predicted molar refractivity (Wildman–Crippen MR) is 127 cm³/mol. The van der Waals surface area contributed by atoms with Crippen LogP contribution in [0.4, 0.5) is 5.69 Å². The number of amides is 1. The third-order valence-electron chi connectivity index (χ3n) is 5.13. The van der Waals surface area contributed by atoms with Crippen molar-refractivity contribution < 1.29 is 28.2 Å². The molecule has 3 aromatic carbocycles. The summed E-state index contributed by atoms with van der Waals surface area (Å²) in [6, 6.07) is 20.4. The minimum atomic E-state index is -0.378. The summed E-state index contributed by atoms with van der Waals surface area (Å²) in [5.41, 5.74) is 2.71. The fraction of sp³-hybridized carbons (Fsp3) is 0.192. The average molecular weight is 447 g/mol. The molecule has 0 saturated heterocycles. The van der Waals surface area contributed by atoms with Gasteiger partial charge in [-0.2, -0.15) is 0 Å². The highest BCUT2D eigenvalue weighted by molar-refractivity contribution is 6.12. The van der Waals surface area contributed by atoms with Gasteiger partial charge >= 0.3 is 0 Å². The first-order valence-electron chi connectivity index (χ1n) is 10.4. The molecule has 0 aliphatic rings. The second-order valence-corrected chi connectivity index (χ2v) is 7.20. The normalized spacial score (nSPS) is 10.8. The largest absolute Gasteiger partial charge is 0.497 e. The summed E-state index contributed by atoms with van der Waals surface area (Å²) in [4.78, 5) is 13.3. The molecule has 0 aliphatic carbocycles. The molecule has 0 unspecified atom stereocenters. The van der Waals surface area contributed by atoms with Gasteiger partial charge in [-0.1, -0.05) is 30.3 Å². The molecule has 4 rings (SSSR count). The smallest absolute Gasteiger partial charge is 0.292 e. The van der Waals surface area contributed by atoms with Gasteiger partial charge in [0, 0.05) is 35.9 Å². The van der Waals surface area contributed by atoms with Crippen molar-refractivity contribution in [1.29, 1.82) is 0 Å². The summed E-state index contributed by atoms with van der Waals surface area (Å²) < 4.78 is 27.4. The van der Waals surface area contributed by atoms with Gasteiger partial charge in [-0.15, -0.1) is 0 Å². The van der Waals surface area contributed by atoms with Crippen LogP contribution in [0.15, 0.2) is 71.1 Å². The summed E-state index contributed by atoms with van der Waals surface area (Å²) in [7, 11) is 4.75. The van der Waals surface area contributed by atoms with Crippen molar-refractivity contribution in [3.8, 4) is 28.4 Å². The van der Waals surface area contributed by atoms with Crippen molar-refractivity contribution in [3.05, 3.63) is 72.5 Å². The first-order chi connectivity index (χ1) is 16.1. The van der Waals surface area contributed by atoms with E-state index in [4.69, 9.17) is 23.4 Å². The van der Waals surface area contributed by atoms with Crippen molar-refractivity contribution >= 4 is 22.6 Å². The van der Waals surface area contributed by atoms with Crippen LogP contribution in [0.3, 0.4) is 0 Å². The van der Waals surface area contributed by atoms with Crippen LogP contribution >= 0.6 is 0 Å². The highest BCUT2D eigenvalue weighted by Gasteiger charge is 2.23. The zero-order valence-electron chi connectivity index (χ0n) is 18.7. The first-order valence-corrected chi connectivity index (χ1v) is 10.4. The maximum atomic E-state index is 13.3. The standard InChI is InChI=1S/C26H25NO6/c1-29-13-14-32-23-15-18(9-12-21(23)31-3)27-26(28)25-24(17-7-5-4-6-8-17)20-11-10-19(30-2)16-22(20)33-25/h4-12,15-16H,13-14H2,1-3H3,(H,27,28). The lowest BCUT2D eigenvalue weighted by molar-refractivity contribution is 0.0999. The summed E-state index contributed by atoms with van der Waals surface area (Å²) in [6.07, 6.45) is 0. The van der Waals surface area contributed by atoms with Crippen LogP contribution in [-0.2, 0) is 4.74 Å². The number of carbonyl (C=O) groups excluding carboxylic acids is 1. The predicted octanol–water partition coefficient (Wildman–Crippen LogP) is 5.39. The molecule has 0 bridgehead atoms. The zero-order chi connectivity index (χ0) is 23.2. The van der Waals surface area contributed by atoms with Crippen molar-refractivity contribution in [3.63, 3.8) is 0 Å². The Morgan fingerprint density at radius 1 is 0.879 bits per heavy atom. The molecule has 7 heteroatoms. The fourth-order valence-corrected chi connectivity index (χ4v) is 3.55. The van der Waals surface area contributed by atoms with Gasteiger partial charge in [-0.25, -0.2) is 0 Å². The van der Waals surface area contributed by atoms with Gasteiger partial charge in [0.1, 0.15) is 17.9 Å². The van der Waals surface area contributed by atoms with E-state index in [1.165, 1.54) is 0 Å². The van der Waals surface area contributed by atoms with E-state index >= 15 is 0 Å². The molecule has 1 N–H and O–H groups in total. The molecule has 1 amide bonds. The third-order valence-corrected chi connectivity index (χ3v) is 5.13. The molecule has 0 radical (unpaired) electrons. The molecular formula is C26H25NO6. The second kappa shape index (κ2) is 10.1. The van der Waals surface area contributed by atoms with E-state index in [-0.39, 0.29) is 11.7 Å². The van der Waals surface area contributed by atoms with Gasteiger partial charge in [0.05, 0.1) is 20.8 Å². The number of methoxy groups -OCH3 is 3. The molecule has 1 heterocycles. The van der Waals surface area contributed by atoms with E-state index in [1.807, 2.05) is 42.5 Å². The van der Waals surface area contributed by atoms with E-state index in [0.717, 1.165) is 16.5 Å². The molecule has 0 atom stereocenters. The Morgan fingerprint density at radius 2 is 1.70 bits per heavy atom. The number of hydrogen-bond donors (Lipinski definition) is 1. The average Bonchev–Trinajstić information content (AvgIpc) is 3.24. The molecule has 0 spiro atoms. The molecule has 0 fully saturated rings. The molecule has 4 aromatic rings. The molecule has 1 aromatic heterocycles. The van der Waals surface area contributed by atoms with Gasteiger partial charge in [0.2, 0.25) is 5.76 Å². The minimum absolute atomic E-state index is 0.210. The number of rotatable bonds is 9. The topological polar surface area (TPSA) is 79.2 Å². The summed E-state index contributed by atoms with van der Waals surface area (Å²) in [5.74, 6) is 1.55. The number of nitrogens with one attached hydrogen (secondary N) is 1. The summed E-state index contributed by atoms with van der Waals surface area (Å²) in [5, 5.41) is 3.73. The number of furan rings is 1. The van der Waals surface area contributed by atoms with Crippen LogP contribution in [0.5, 0.6) is 17.2 Å². The van der Waals surface area contributed by atoms with Crippen molar-refractivity contribution in [2.75, 3.05) is 39.9 Å². The summed E-state index contributed by atoms with van der Waals surface area (Å²) in [6.45, 7) is 0.788. The van der Waals surface area contributed by atoms with E-state index < -0.39 is 0 Å².